The fourth-order valence-corrected chi connectivity index (χ4v) is 4.05. The van der Waals surface area contributed by atoms with E-state index in [0.717, 1.165) is 49.3 Å². The van der Waals surface area contributed by atoms with Crippen molar-refractivity contribution in [1.82, 2.24) is 20.1 Å². The van der Waals surface area contributed by atoms with Crippen LogP contribution in [0.2, 0.25) is 0 Å². The van der Waals surface area contributed by atoms with E-state index in [9.17, 15) is 4.79 Å². The summed E-state index contributed by atoms with van der Waals surface area (Å²) in [6.45, 7) is 7.93. The van der Waals surface area contributed by atoms with Crippen molar-refractivity contribution in [2.45, 2.75) is 44.7 Å². The van der Waals surface area contributed by atoms with Crippen LogP contribution in [-0.4, -0.2) is 59.3 Å². The van der Waals surface area contributed by atoms with Gasteiger partial charge in [0.25, 0.3) is 0 Å². The third kappa shape index (κ3) is 6.21. The average molecular weight is 418 g/mol. The van der Waals surface area contributed by atoms with Gasteiger partial charge in [0.1, 0.15) is 0 Å². The Morgan fingerprint density at radius 3 is 2.79 bits per heavy atom. The summed E-state index contributed by atoms with van der Waals surface area (Å²) in [4.78, 5) is 14.4. The van der Waals surface area contributed by atoms with E-state index in [1.165, 1.54) is 30.2 Å². The number of nitrogens with one attached hydrogen (secondary N) is 1. The van der Waals surface area contributed by atoms with E-state index in [-0.39, 0.29) is 5.91 Å². The molecule has 1 fully saturated rings. The molecule has 1 N–H and O–H groups in total. The molecule has 0 saturated carbocycles. The Morgan fingerprint density at radius 2 is 2.03 bits per heavy atom. The van der Waals surface area contributed by atoms with Gasteiger partial charge in [-0.3, -0.25) is 9.36 Å². The zero-order chi connectivity index (χ0) is 20.5. The van der Waals surface area contributed by atoms with Crippen LogP contribution < -0.4 is 10.2 Å². The van der Waals surface area contributed by atoms with E-state index in [4.69, 9.17) is 4.74 Å². The Labute approximate surface area is 177 Å². The van der Waals surface area contributed by atoms with Crippen molar-refractivity contribution in [2.75, 3.05) is 43.5 Å². The summed E-state index contributed by atoms with van der Waals surface area (Å²) in [6.07, 6.45) is 4.61. The van der Waals surface area contributed by atoms with Crippen molar-refractivity contribution >= 4 is 23.6 Å². The van der Waals surface area contributed by atoms with Gasteiger partial charge in [-0.15, -0.1) is 10.2 Å². The third-order valence-electron chi connectivity index (χ3n) is 4.85. The predicted octanol–water partition coefficient (Wildman–Crippen LogP) is 3.20. The molecule has 2 aromatic rings. The molecule has 1 saturated heterocycles. The van der Waals surface area contributed by atoms with Crippen molar-refractivity contribution in [3.8, 4) is 5.69 Å². The number of thioether (sulfide) groups is 1. The van der Waals surface area contributed by atoms with Gasteiger partial charge in [-0.25, -0.2) is 0 Å². The molecule has 3 rings (SSSR count). The van der Waals surface area contributed by atoms with E-state index in [1.807, 2.05) is 6.07 Å². The molecule has 1 aromatic carbocycles. The minimum Gasteiger partial charge on any atom is -0.378 e. The summed E-state index contributed by atoms with van der Waals surface area (Å²) < 4.78 is 7.53. The molecule has 158 valence electrons. The number of hydrogen-bond donors (Lipinski definition) is 1. The number of ether oxygens (including phenoxy) is 1. The Bertz CT molecular complexity index is 789. The lowest BCUT2D eigenvalue weighted by atomic mass is 10.2. The van der Waals surface area contributed by atoms with Crippen LogP contribution in [0.5, 0.6) is 0 Å². The Morgan fingerprint density at radius 1 is 1.21 bits per heavy atom. The number of anilines is 1. The minimum absolute atomic E-state index is 0.0400. The highest BCUT2D eigenvalue weighted by atomic mass is 32.2. The summed E-state index contributed by atoms with van der Waals surface area (Å²) in [5, 5.41) is 12.6. The SMILES string of the molecule is CCCCCCNC(=O)CSc1nnc(N2CCOCC2)n1-c1cccc(C)c1. The molecule has 1 aliphatic rings. The number of aromatic nitrogens is 3. The fraction of sp³-hybridized carbons (Fsp3) is 0.571. The number of hydrogen-bond acceptors (Lipinski definition) is 6. The standard InChI is InChI=1S/C21H31N5O2S/c1-3-4-5-6-10-22-19(27)16-29-21-24-23-20(25-11-13-28-14-12-25)26(21)18-9-7-8-17(2)15-18/h7-9,15H,3-6,10-14,16H2,1-2H3,(H,22,27). The number of morpholine rings is 1. The van der Waals surface area contributed by atoms with Crippen LogP contribution in [0.1, 0.15) is 38.2 Å². The molecule has 1 aliphatic heterocycles. The van der Waals surface area contributed by atoms with E-state index in [2.05, 4.69) is 57.0 Å². The number of aryl methyl sites for hydroxylation is 1. The monoisotopic (exact) mass is 417 g/mol. The number of benzene rings is 1. The second-order valence-electron chi connectivity index (χ2n) is 7.26. The summed E-state index contributed by atoms with van der Waals surface area (Å²) in [5.41, 5.74) is 2.18. The highest BCUT2D eigenvalue weighted by Gasteiger charge is 2.22. The van der Waals surface area contributed by atoms with Gasteiger partial charge in [-0.05, 0) is 31.0 Å². The lowest BCUT2D eigenvalue weighted by Gasteiger charge is -2.28. The molecule has 0 aliphatic carbocycles. The van der Waals surface area contributed by atoms with Gasteiger partial charge in [-0.1, -0.05) is 50.1 Å². The van der Waals surface area contributed by atoms with Gasteiger partial charge in [0, 0.05) is 19.6 Å². The first-order valence-electron chi connectivity index (χ1n) is 10.4. The number of amides is 1. The molecule has 7 nitrogen and oxygen atoms in total. The zero-order valence-corrected chi connectivity index (χ0v) is 18.2. The maximum atomic E-state index is 12.2. The highest BCUT2D eigenvalue weighted by Crippen LogP contribution is 2.27. The van der Waals surface area contributed by atoms with Crippen LogP contribution in [0.3, 0.4) is 0 Å². The van der Waals surface area contributed by atoms with Crippen LogP contribution >= 0.6 is 11.8 Å². The second-order valence-corrected chi connectivity index (χ2v) is 8.20. The lowest BCUT2D eigenvalue weighted by molar-refractivity contribution is -0.118. The first kappa shape index (κ1) is 21.6. The maximum Gasteiger partial charge on any atom is 0.232 e. The van der Waals surface area contributed by atoms with Gasteiger partial charge < -0.3 is 15.0 Å². The van der Waals surface area contributed by atoms with E-state index in [1.54, 1.807) is 0 Å². The van der Waals surface area contributed by atoms with Crippen LogP contribution in [-0.2, 0) is 9.53 Å². The molecule has 0 unspecified atom stereocenters. The van der Waals surface area contributed by atoms with Crippen LogP contribution in [0.25, 0.3) is 5.69 Å². The zero-order valence-electron chi connectivity index (χ0n) is 17.4. The molecule has 2 heterocycles. The molecule has 0 bridgehead atoms. The van der Waals surface area contributed by atoms with Gasteiger partial charge in [0.2, 0.25) is 11.9 Å². The molecular formula is C21H31N5O2S. The predicted molar refractivity (Wildman–Crippen MR) is 117 cm³/mol. The summed E-state index contributed by atoms with van der Waals surface area (Å²) in [7, 11) is 0. The molecule has 0 radical (unpaired) electrons. The lowest BCUT2D eigenvalue weighted by Crippen LogP contribution is -2.37. The van der Waals surface area contributed by atoms with Crippen molar-refractivity contribution in [2.24, 2.45) is 0 Å². The average Bonchev–Trinajstić information content (AvgIpc) is 3.17. The fourth-order valence-electron chi connectivity index (χ4n) is 3.28. The number of nitrogens with zero attached hydrogens (tertiary/aromatic N) is 4. The number of carbonyl (C=O) groups excluding carboxylic acids is 1. The summed E-state index contributed by atoms with van der Waals surface area (Å²) >= 11 is 1.43. The molecule has 1 amide bonds. The second kappa shape index (κ2) is 11.2. The van der Waals surface area contributed by atoms with Crippen molar-refractivity contribution in [3.63, 3.8) is 0 Å². The summed E-state index contributed by atoms with van der Waals surface area (Å²) in [5.74, 6) is 1.18. The van der Waals surface area contributed by atoms with Crippen LogP contribution in [0.15, 0.2) is 29.4 Å². The van der Waals surface area contributed by atoms with Crippen LogP contribution in [0, 0.1) is 6.92 Å². The Hall–Kier alpha value is -2.06. The first-order chi connectivity index (χ1) is 14.2. The van der Waals surface area contributed by atoms with E-state index < -0.39 is 0 Å². The van der Waals surface area contributed by atoms with Gasteiger partial charge in [0.05, 0.1) is 24.7 Å². The largest absolute Gasteiger partial charge is 0.378 e. The van der Waals surface area contributed by atoms with Gasteiger partial charge in [-0.2, -0.15) is 0 Å². The Kier molecular flexibility index (Phi) is 8.37. The molecule has 1 aromatic heterocycles. The van der Waals surface area contributed by atoms with Crippen molar-refractivity contribution < 1.29 is 9.53 Å². The topological polar surface area (TPSA) is 72.3 Å². The normalized spacial score (nSPS) is 14.2. The highest BCUT2D eigenvalue weighted by molar-refractivity contribution is 7.99. The third-order valence-corrected chi connectivity index (χ3v) is 5.78. The number of rotatable bonds is 10. The smallest absolute Gasteiger partial charge is 0.232 e. The van der Waals surface area contributed by atoms with E-state index >= 15 is 0 Å². The first-order valence-corrected chi connectivity index (χ1v) is 11.4. The van der Waals surface area contributed by atoms with Gasteiger partial charge in [0.15, 0.2) is 5.16 Å². The molecule has 0 spiro atoms. The van der Waals surface area contributed by atoms with Crippen molar-refractivity contribution in [3.05, 3.63) is 29.8 Å². The quantitative estimate of drug-likeness (QED) is 0.473. The molecular weight excluding hydrogens is 386 g/mol. The van der Waals surface area contributed by atoms with Crippen LogP contribution in [0.4, 0.5) is 5.95 Å². The minimum atomic E-state index is 0.0400. The summed E-state index contributed by atoms with van der Waals surface area (Å²) in [6, 6.07) is 8.27. The van der Waals surface area contributed by atoms with Crippen molar-refractivity contribution in [1.29, 1.82) is 0 Å². The van der Waals surface area contributed by atoms with Gasteiger partial charge >= 0.3 is 0 Å². The number of unbranched alkanes of at least 4 members (excludes halogenated alkanes) is 3. The molecule has 29 heavy (non-hydrogen) atoms. The Balaban J connectivity index is 1.69. The number of carbonyl (C=O) groups is 1. The van der Waals surface area contributed by atoms with E-state index in [0.29, 0.717) is 19.0 Å². The maximum absolute atomic E-state index is 12.2. The molecule has 0 atom stereocenters. The molecule has 8 heteroatoms.